The van der Waals surface area contributed by atoms with E-state index in [0.717, 1.165) is 34.8 Å². The molecule has 0 aliphatic carbocycles. The fourth-order valence-corrected chi connectivity index (χ4v) is 5.37. The van der Waals surface area contributed by atoms with Crippen LogP contribution in [-0.4, -0.2) is 38.5 Å². The molecule has 0 unspecified atom stereocenters. The van der Waals surface area contributed by atoms with Crippen molar-refractivity contribution in [2.24, 2.45) is 0 Å². The maximum absolute atomic E-state index is 14.4. The molecule has 2 N–H and O–H groups in total. The third-order valence-electron chi connectivity index (χ3n) is 7.13. The van der Waals surface area contributed by atoms with E-state index in [-0.39, 0.29) is 29.6 Å². The Morgan fingerprint density at radius 3 is 2.35 bits per heavy atom. The van der Waals surface area contributed by atoms with Crippen molar-refractivity contribution in [3.63, 3.8) is 0 Å². The Bertz CT molecular complexity index is 1420. The van der Waals surface area contributed by atoms with Crippen LogP contribution < -0.4 is 10.1 Å². The van der Waals surface area contributed by atoms with E-state index in [1.807, 2.05) is 68.3 Å². The van der Waals surface area contributed by atoms with Crippen LogP contribution in [0.25, 0.3) is 11.3 Å². The van der Waals surface area contributed by atoms with Crippen LogP contribution in [0.2, 0.25) is 0 Å². The van der Waals surface area contributed by atoms with Crippen molar-refractivity contribution in [2.75, 3.05) is 0 Å². The number of imidazole rings is 1. The number of hydrogen-bond acceptors (Lipinski definition) is 4. The van der Waals surface area contributed by atoms with E-state index >= 15 is 0 Å². The molecule has 0 saturated carbocycles. The Balaban J connectivity index is 1.43. The molecule has 2 heterocycles. The lowest BCUT2D eigenvalue weighted by Crippen LogP contribution is -2.52. The fourth-order valence-electron chi connectivity index (χ4n) is 5.37. The zero-order chi connectivity index (χ0) is 28.3. The fraction of sp³-hybridized carbons (Fsp3) is 0.353. The molecule has 6 heteroatoms. The average Bonchev–Trinajstić information content (AvgIpc) is 3.42. The van der Waals surface area contributed by atoms with Crippen LogP contribution in [0.15, 0.2) is 85.1 Å². The highest BCUT2D eigenvalue weighted by atomic mass is 16.5. The highest BCUT2D eigenvalue weighted by Gasteiger charge is 2.36. The molecule has 4 aromatic rings. The maximum Gasteiger partial charge on any atom is 0.240 e. The van der Waals surface area contributed by atoms with Gasteiger partial charge in [-0.2, -0.15) is 0 Å². The Morgan fingerprint density at radius 2 is 1.68 bits per heavy atom. The minimum atomic E-state index is -0.370. The molecule has 6 nitrogen and oxygen atoms in total. The van der Waals surface area contributed by atoms with Crippen molar-refractivity contribution in [3.05, 3.63) is 108 Å². The first-order chi connectivity index (χ1) is 19.2. The number of carbonyl (C=O) groups excluding carboxylic acids is 1. The Kier molecular flexibility index (Phi) is 8.08. The standard InChI is InChI=1S/C34H40N4O2/c1-23(2)36-29(19-24-15-17-28(18-16-24)40-34(3,4)5)33(39)38-22-27-14-10-9-13-26(27)20-31(38)32-35-21-30(37-32)25-11-7-6-8-12-25/h6-18,21,23,29,31,36H,19-20,22H2,1-5H3,(H,35,37)/t29-,31-/m0/s1. The molecule has 2 atom stereocenters. The second kappa shape index (κ2) is 11.7. The molecular weight excluding hydrogens is 496 g/mol. The Morgan fingerprint density at radius 1 is 1.00 bits per heavy atom. The Labute approximate surface area is 237 Å². The summed E-state index contributed by atoms with van der Waals surface area (Å²) >= 11 is 0. The molecule has 1 aromatic heterocycles. The summed E-state index contributed by atoms with van der Waals surface area (Å²) in [6, 6.07) is 26.3. The number of amides is 1. The largest absolute Gasteiger partial charge is 0.488 e. The summed E-state index contributed by atoms with van der Waals surface area (Å²) in [4.78, 5) is 24.7. The number of benzene rings is 3. The van der Waals surface area contributed by atoms with Gasteiger partial charge in [0.05, 0.1) is 17.8 Å². The van der Waals surface area contributed by atoms with Gasteiger partial charge in [0.25, 0.3) is 0 Å². The van der Waals surface area contributed by atoms with Gasteiger partial charge < -0.3 is 19.9 Å². The van der Waals surface area contributed by atoms with E-state index < -0.39 is 0 Å². The first-order valence-electron chi connectivity index (χ1n) is 14.2. The van der Waals surface area contributed by atoms with E-state index in [4.69, 9.17) is 9.72 Å². The van der Waals surface area contributed by atoms with Gasteiger partial charge in [-0.25, -0.2) is 4.98 Å². The summed E-state index contributed by atoms with van der Waals surface area (Å²) in [7, 11) is 0. The summed E-state index contributed by atoms with van der Waals surface area (Å²) in [6.07, 6.45) is 3.25. The molecule has 208 valence electrons. The summed E-state index contributed by atoms with van der Waals surface area (Å²) in [6.45, 7) is 10.8. The number of carbonyl (C=O) groups is 1. The first-order valence-corrected chi connectivity index (χ1v) is 14.2. The monoisotopic (exact) mass is 536 g/mol. The molecule has 1 aliphatic rings. The third-order valence-corrected chi connectivity index (χ3v) is 7.13. The van der Waals surface area contributed by atoms with Gasteiger partial charge in [0.15, 0.2) is 0 Å². The molecule has 40 heavy (non-hydrogen) atoms. The number of aromatic nitrogens is 2. The van der Waals surface area contributed by atoms with Crippen LogP contribution in [0.4, 0.5) is 0 Å². The smallest absolute Gasteiger partial charge is 0.240 e. The van der Waals surface area contributed by atoms with Gasteiger partial charge in [0.1, 0.15) is 17.2 Å². The second-order valence-corrected chi connectivity index (χ2v) is 11.9. The lowest BCUT2D eigenvalue weighted by molar-refractivity contribution is -0.137. The lowest BCUT2D eigenvalue weighted by Gasteiger charge is -2.38. The topological polar surface area (TPSA) is 70.2 Å². The zero-order valence-corrected chi connectivity index (χ0v) is 24.1. The molecule has 1 amide bonds. The van der Waals surface area contributed by atoms with Crippen LogP contribution in [-0.2, 0) is 24.2 Å². The van der Waals surface area contributed by atoms with Crippen LogP contribution in [0.3, 0.4) is 0 Å². The van der Waals surface area contributed by atoms with Crippen molar-refractivity contribution in [2.45, 2.75) is 77.7 Å². The van der Waals surface area contributed by atoms with Gasteiger partial charge in [-0.3, -0.25) is 4.79 Å². The van der Waals surface area contributed by atoms with E-state index in [1.165, 1.54) is 11.1 Å². The predicted octanol–water partition coefficient (Wildman–Crippen LogP) is 6.49. The lowest BCUT2D eigenvalue weighted by atomic mass is 9.92. The van der Waals surface area contributed by atoms with E-state index in [2.05, 4.69) is 66.6 Å². The average molecular weight is 537 g/mol. The van der Waals surface area contributed by atoms with E-state index in [1.54, 1.807) is 0 Å². The van der Waals surface area contributed by atoms with Gasteiger partial charge in [-0.15, -0.1) is 0 Å². The van der Waals surface area contributed by atoms with Gasteiger partial charge >= 0.3 is 0 Å². The van der Waals surface area contributed by atoms with Gasteiger partial charge in [-0.05, 0) is 56.0 Å². The molecular formula is C34H40N4O2. The molecule has 0 fully saturated rings. The number of hydrogen-bond donors (Lipinski definition) is 2. The van der Waals surface area contributed by atoms with Gasteiger partial charge in [0.2, 0.25) is 5.91 Å². The van der Waals surface area contributed by atoms with E-state index in [0.29, 0.717) is 13.0 Å². The number of aromatic amines is 1. The molecule has 3 aromatic carbocycles. The minimum Gasteiger partial charge on any atom is -0.488 e. The molecule has 0 saturated heterocycles. The maximum atomic E-state index is 14.4. The number of nitrogens with one attached hydrogen (secondary N) is 2. The third kappa shape index (κ3) is 6.62. The zero-order valence-electron chi connectivity index (χ0n) is 24.1. The quantitative estimate of drug-likeness (QED) is 0.270. The SMILES string of the molecule is CC(C)N[C@@H](Cc1ccc(OC(C)(C)C)cc1)C(=O)N1Cc2ccccc2C[C@H]1c1nc(-c2ccccc2)c[nH]1. The summed E-state index contributed by atoms with van der Waals surface area (Å²) in [5.41, 5.74) is 5.22. The number of nitrogens with zero attached hydrogens (tertiary/aromatic N) is 2. The second-order valence-electron chi connectivity index (χ2n) is 11.9. The van der Waals surface area contributed by atoms with Crippen LogP contribution in [0.1, 0.15) is 63.2 Å². The normalized spacial score (nSPS) is 16.1. The summed E-state index contributed by atoms with van der Waals surface area (Å²) in [5, 5.41) is 3.55. The summed E-state index contributed by atoms with van der Waals surface area (Å²) < 4.78 is 6.00. The first kappa shape index (κ1) is 27.7. The van der Waals surface area contributed by atoms with Crippen molar-refractivity contribution in [3.8, 4) is 17.0 Å². The number of ether oxygens (including phenoxy) is 1. The molecule has 0 spiro atoms. The molecule has 0 bridgehead atoms. The summed E-state index contributed by atoms with van der Waals surface area (Å²) in [5.74, 6) is 1.73. The Hall–Kier alpha value is -3.90. The number of rotatable bonds is 8. The van der Waals surface area contributed by atoms with Crippen molar-refractivity contribution in [1.82, 2.24) is 20.2 Å². The van der Waals surface area contributed by atoms with Gasteiger partial charge in [-0.1, -0.05) is 80.6 Å². The predicted molar refractivity (Wildman–Crippen MR) is 160 cm³/mol. The minimum absolute atomic E-state index is 0.0842. The number of fused-ring (bicyclic) bond motifs is 1. The van der Waals surface area contributed by atoms with Gasteiger partial charge in [0, 0.05) is 30.8 Å². The van der Waals surface area contributed by atoms with Crippen LogP contribution in [0.5, 0.6) is 5.75 Å². The van der Waals surface area contributed by atoms with E-state index in [9.17, 15) is 4.79 Å². The van der Waals surface area contributed by atoms with Crippen molar-refractivity contribution in [1.29, 1.82) is 0 Å². The highest BCUT2D eigenvalue weighted by molar-refractivity contribution is 5.83. The number of H-pyrrole nitrogens is 1. The van der Waals surface area contributed by atoms with Crippen molar-refractivity contribution < 1.29 is 9.53 Å². The van der Waals surface area contributed by atoms with Crippen molar-refractivity contribution >= 4 is 5.91 Å². The van der Waals surface area contributed by atoms with Crippen LogP contribution >= 0.6 is 0 Å². The molecule has 0 radical (unpaired) electrons. The van der Waals surface area contributed by atoms with Crippen LogP contribution in [0, 0.1) is 0 Å². The molecule has 1 aliphatic heterocycles. The molecule has 5 rings (SSSR count). The highest BCUT2D eigenvalue weighted by Crippen LogP contribution is 2.34.